The quantitative estimate of drug-likeness (QED) is 0.213. The van der Waals surface area contributed by atoms with E-state index in [9.17, 15) is 19.5 Å². The number of likely N-dealkylation sites (N-methyl/N-ethyl adjacent to an activating group) is 2. The number of carbonyl (C=O) groups is 3. The summed E-state index contributed by atoms with van der Waals surface area (Å²) in [6.45, 7) is 1.12. The van der Waals surface area contributed by atoms with Crippen LogP contribution in [0.25, 0.3) is 0 Å². The summed E-state index contributed by atoms with van der Waals surface area (Å²) in [4.78, 5) is 38.2. The van der Waals surface area contributed by atoms with Gasteiger partial charge in [-0.25, -0.2) is 5.48 Å². The third kappa shape index (κ3) is 5.56. The number of nitrogens with one attached hydrogen (secondary N) is 2. The normalized spacial score (nSPS) is 13.0. The number of carbonyl (C=O) groups excluding carboxylic acids is 3. The molecule has 0 heterocycles. The van der Waals surface area contributed by atoms with Crippen molar-refractivity contribution in [1.82, 2.24) is 15.7 Å². The summed E-state index contributed by atoms with van der Waals surface area (Å²) in [7, 11) is 4.16. The van der Waals surface area contributed by atoms with Crippen molar-refractivity contribution < 1.29 is 29.4 Å². The summed E-state index contributed by atoms with van der Waals surface area (Å²) in [5.74, 6) is 3.64. The third-order valence-corrected chi connectivity index (χ3v) is 5.40. The molecule has 9 nitrogen and oxygen atoms in total. The Balaban J connectivity index is 2.19. The molecule has 2 aromatic rings. The molecule has 0 bridgehead atoms. The fourth-order valence-electron chi connectivity index (χ4n) is 3.09. The third-order valence-electron chi connectivity index (χ3n) is 5.40. The number of hydrogen-bond donors (Lipinski definition) is 4. The highest BCUT2D eigenvalue weighted by Crippen LogP contribution is 2.19. The fourth-order valence-corrected chi connectivity index (χ4v) is 3.09. The second-order valence-corrected chi connectivity index (χ2v) is 7.31. The summed E-state index contributed by atoms with van der Waals surface area (Å²) < 4.78 is 5.19. The van der Waals surface area contributed by atoms with E-state index in [-0.39, 0.29) is 18.3 Å². The van der Waals surface area contributed by atoms with E-state index in [1.165, 1.54) is 45.7 Å². The molecule has 0 saturated heterocycles. The number of amides is 3. The van der Waals surface area contributed by atoms with Gasteiger partial charge in [-0.3, -0.25) is 19.6 Å². The van der Waals surface area contributed by atoms with Crippen LogP contribution < -0.4 is 10.8 Å². The molecule has 1 unspecified atom stereocenters. The van der Waals surface area contributed by atoms with Crippen LogP contribution in [0.3, 0.4) is 0 Å². The van der Waals surface area contributed by atoms with Crippen molar-refractivity contribution in [2.75, 3.05) is 27.8 Å². The number of hydroxylamine groups is 1. The van der Waals surface area contributed by atoms with Gasteiger partial charge in [0.15, 0.2) is 5.54 Å². The second-order valence-electron chi connectivity index (χ2n) is 7.31. The van der Waals surface area contributed by atoms with Gasteiger partial charge in [0.1, 0.15) is 6.10 Å². The number of aliphatic hydroxyl groups is 1. The summed E-state index contributed by atoms with van der Waals surface area (Å²) in [5.41, 5.74) is 1.99. The SMILES string of the molecule is CNC(=O)[C@@](C)(C(=O)NO)N(C)C(=O)c1ccc(C#Cc2ccc(C(CO)OC)cc2)cc1. The van der Waals surface area contributed by atoms with Crippen molar-refractivity contribution in [3.63, 3.8) is 0 Å². The van der Waals surface area contributed by atoms with E-state index in [1.54, 1.807) is 12.1 Å². The molecule has 2 atom stereocenters. The van der Waals surface area contributed by atoms with Crippen LogP contribution >= 0.6 is 0 Å². The minimum absolute atomic E-state index is 0.116. The zero-order valence-electron chi connectivity index (χ0n) is 18.9. The fraction of sp³-hybridized carbons (Fsp3) is 0.292. The highest BCUT2D eigenvalue weighted by Gasteiger charge is 2.47. The molecular weight excluding hydrogens is 426 g/mol. The number of methoxy groups -OCH3 is 1. The average molecular weight is 453 g/mol. The highest BCUT2D eigenvalue weighted by molar-refractivity contribution is 6.12. The number of benzene rings is 2. The Morgan fingerprint density at radius 3 is 1.97 bits per heavy atom. The number of nitrogens with zero attached hydrogens (tertiary/aromatic N) is 1. The summed E-state index contributed by atoms with van der Waals surface area (Å²) in [5, 5.41) is 20.6. The first-order chi connectivity index (χ1) is 15.7. The molecular formula is C24H27N3O6. The number of aliphatic hydroxyl groups excluding tert-OH is 1. The molecule has 2 rings (SSSR count). The van der Waals surface area contributed by atoms with Gasteiger partial charge in [-0.1, -0.05) is 24.0 Å². The minimum Gasteiger partial charge on any atom is -0.393 e. The average Bonchev–Trinajstić information content (AvgIpc) is 2.86. The van der Waals surface area contributed by atoms with E-state index in [1.807, 2.05) is 24.3 Å². The Morgan fingerprint density at radius 1 is 1.03 bits per heavy atom. The van der Waals surface area contributed by atoms with E-state index in [0.717, 1.165) is 16.0 Å². The monoisotopic (exact) mass is 453 g/mol. The Hall–Kier alpha value is -3.71. The van der Waals surface area contributed by atoms with Crippen molar-refractivity contribution in [3.05, 3.63) is 70.8 Å². The maximum Gasteiger partial charge on any atom is 0.278 e. The molecule has 3 amide bonds. The summed E-state index contributed by atoms with van der Waals surface area (Å²) in [6, 6.07) is 13.7. The molecule has 0 fully saturated rings. The molecule has 0 radical (unpaired) electrons. The molecule has 0 aliphatic carbocycles. The maximum absolute atomic E-state index is 12.9. The van der Waals surface area contributed by atoms with Crippen LogP contribution in [0.2, 0.25) is 0 Å². The lowest BCUT2D eigenvalue weighted by molar-refractivity contribution is -0.148. The van der Waals surface area contributed by atoms with E-state index >= 15 is 0 Å². The van der Waals surface area contributed by atoms with Crippen molar-refractivity contribution in [3.8, 4) is 11.8 Å². The summed E-state index contributed by atoms with van der Waals surface area (Å²) >= 11 is 0. The van der Waals surface area contributed by atoms with Crippen molar-refractivity contribution in [2.24, 2.45) is 0 Å². The Morgan fingerprint density at radius 2 is 1.55 bits per heavy atom. The molecule has 2 aromatic carbocycles. The van der Waals surface area contributed by atoms with Crippen molar-refractivity contribution in [1.29, 1.82) is 0 Å². The van der Waals surface area contributed by atoms with Gasteiger partial charge in [0.25, 0.3) is 17.7 Å². The largest absolute Gasteiger partial charge is 0.393 e. The number of rotatable bonds is 7. The maximum atomic E-state index is 12.9. The second kappa shape index (κ2) is 11.2. The predicted octanol–water partition coefficient (Wildman–Crippen LogP) is 0.848. The van der Waals surface area contributed by atoms with Crippen LogP contribution in [0, 0.1) is 11.8 Å². The molecule has 9 heteroatoms. The first-order valence-electron chi connectivity index (χ1n) is 10.0. The van der Waals surface area contributed by atoms with Gasteiger partial charge in [0, 0.05) is 37.9 Å². The van der Waals surface area contributed by atoms with Gasteiger partial charge in [-0.2, -0.15) is 0 Å². The first-order valence-corrected chi connectivity index (χ1v) is 10.0. The molecule has 0 aromatic heterocycles. The van der Waals surface area contributed by atoms with Gasteiger partial charge >= 0.3 is 0 Å². The minimum atomic E-state index is -1.96. The zero-order valence-corrected chi connectivity index (χ0v) is 18.9. The Labute approximate surface area is 192 Å². The van der Waals surface area contributed by atoms with Crippen LogP contribution in [-0.4, -0.2) is 66.3 Å². The molecule has 174 valence electrons. The zero-order chi connectivity index (χ0) is 24.6. The molecule has 4 N–H and O–H groups in total. The predicted molar refractivity (Wildman–Crippen MR) is 120 cm³/mol. The van der Waals surface area contributed by atoms with Crippen molar-refractivity contribution >= 4 is 17.7 Å². The lowest BCUT2D eigenvalue weighted by Gasteiger charge is -2.34. The first kappa shape index (κ1) is 25.5. The van der Waals surface area contributed by atoms with Crippen molar-refractivity contribution in [2.45, 2.75) is 18.6 Å². The van der Waals surface area contributed by atoms with Gasteiger partial charge in [0.05, 0.1) is 6.61 Å². The van der Waals surface area contributed by atoms with Gasteiger partial charge in [0.2, 0.25) is 0 Å². The molecule has 0 aliphatic rings. The Kier molecular flexibility index (Phi) is 8.70. The summed E-state index contributed by atoms with van der Waals surface area (Å²) in [6.07, 6.45) is -0.385. The lowest BCUT2D eigenvalue weighted by Crippen LogP contribution is -2.64. The molecule has 33 heavy (non-hydrogen) atoms. The smallest absolute Gasteiger partial charge is 0.278 e. The number of ether oxygens (including phenoxy) is 1. The lowest BCUT2D eigenvalue weighted by atomic mass is 9.96. The van der Waals surface area contributed by atoms with Crippen LogP contribution in [0.5, 0.6) is 0 Å². The van der Waals surface area contributed by atoms with Gasteiger partial charge in [-0.15, -0.1) is 0 Å². The Bertz CT molecular complexity index is 1030. The van der Waals surface area contributed by atoms with Crippen LogP contribution in [0.15, 0.2) is 48.5 Å². The molecule has 0 aliphatic heterocycles. The topological polar surface area (TPSA) is 128 Å². The van der Waals surface area contributed by atoms with Gasteiger partial charge < -0.3 is 20.1 Å². The van der Waals surface area contributed by atoms with E-state index in [4.69, 9.17) is 9.94 Å². The van der Waals surface area contributed by atoms with E-state index in [0.29, 0.717) is 5.56 Å². The van der Waals surface area contributed by atoms with E-state index < -0.39 is 23.3 Å². The molecule has 0 spiro atoms. The highest BCUT2D eigenvalue weighted by atomic mass is 16.5. The van der Waals surface area contributed by atoms with Crippen LogP contribution in [0.4, 0.5) is 0 Å². The van der Waals surface area contributed by atoms with Crippen LogP contribution in [-0.2, 0) is 14.3 Å². The van der Waals surface area contributed by atoms with Gasteiger partial charge in [-0.05, 0) is 48.9 Å². The molecule has 0 saturated carbocycles. The number of hydrogen-bond acceptors (Lipinski definition) is 6. The van der Waals surface area contributed by atoms with E-state index in [2.05, 4.69) is 17.2 Å². The standard InChI is InChI=1S/C24H27N3O6/c1-24(22(30)25-2,23(31)26-32)27(3)21(29)19-13-9-17(10-14-19)6-5-16-7-11-18(12-8-16)20(15-28)33-4/h7-14,20,28,32H,15H2,1-4H3,(H,25,30)(H,26,31)/t20?,24-/m0/s1. The van der Waals surface area contributed by atoms with Crippen LogP contribution in [0.1, 0.15) is 40.1 Å².